The average Bonchev–Trinajstić information content (AvgIpc) is 2.58. The molecule has 0 fully saturated rings. The van der Waals surface area contributed by atoms with Crippen LogP contribution in [0.5, 0.6) is 11.5 Å². The molecule has 0 spiro atoms. The Labute approximate surface area is 148 Å². The summed E-state index contributed by atoms with van der Waals surface area (Å²) in [5.74, 6) is 1.34. The van der Waals surface area contributed by atoms with Crippen molar-refractivity contribution in [3.63, 3.8) is 0 Å². The monoisotopic (exact) mass is 344 g/mol. The highest BCUT2D eigenvalue weighted by atomic mass is 16.5. The fraction of sp³-hybridized carbons (Fsp3) is 0.350. The molecule has 1 aromatic rings. The van der Waals surface area contributed by atoms with Gasteiger partial charge in [0.05, 0.1) is 20.8 Å². The molecule has 0 saturated carbocycles. The van der Waals surface area contributed by atoms with E-state index in [9.17, 15) is 9.90 Å². The number of aryl methyl sites for hydroxylation is 2. The van der Waals surface area contributed by atoms with Gasteiger partial charge >= 0.3 is 0 Å². The third-order valence-corrected chi connectivity index (χ3v) is 3.92. The van der Waals surface area contributed by atoms with Gasteiger partial charge < -0.3 is 19.3 Å². The van der Waals surface area contributed by atoms with Gasteiger partial charge in [-0.1, -0.05) is 6.07 Å². The normalized spacial score (nSPS) is 17.0. The molecule has 2 rings (SSSR count). The van der Waals surface area contributed by atoms with Gasteiger partial charge in [-0.15, -0.1) is 0 Å². The Morgan fingerprint density at radius 3 is 2.44 bits per heavy atom. The highest BCUT2D eigenvalue weighted by molar-refractivity contribution is 6.08. The molecular weight excluding hydrogens is 320 g/mol. The van der Waals surface area contributed by atoms with Gasteiger partial charge in [0.25, 0.3) is 0 Å². The molecule has 0 radical (unpaired) electrons. The molecule has 25 heavy (non-hydrogen) atoms. The van der Waals surface area contributed by atoms with Gasteiger partial charge in [-0.2, -0.15) is 0 Å². The second-order valence-electron chi connectivity index (χ2n) is 5.99. The molecule has 0 bridgehead atoms. The van der Waals surface area contributed by atoms with Crippen LogP contribution in [0.4, 0.5) is 0 Å². The van der Waals surface area contributed by atoms with Crippen LogP contribution in [0.15, 0.2) is 47.3 Å². The summed E-state index contributed by atoms with van der Waals surface area (Å²) in [5, 5.41) is 9.72. The van der Waals surface area contributed by atoms with Crippen LogP contribution in [-0.4, -0.2) is 37.8 Å². The zero-order valence-corrected chi connectivity index (χ0v) is 15.3. The van der Waals surface area contributed by atoms with E-state index in [1.165, 1.54) is 7.11 Å². The van der Waals surface area contributed by atoms with Crippen LogP contribution in [0.25, 0.3) is 0 Å². The molecule has 1 aromatic carbocycles. The average molecular weight is 344 g/mol. The number of aliphatic hydroxyl groups is 1. The maximum absolute atomic E-state index is 11.9. The first-order chi connectivity index (χ1) is 11.9. The first kappa shape index (κ1) is 18.8. The number of ether oxygens (including phenoxy) is 3. The van der Waals surface area contributed by atoms with Crippen molar-refractivity contribution in [3.8, 4) is 11.5 Å². The molecule has 0 amide bonds. The number of ketones is 1. The van der Waals surface area contributed by atoms with Gasteiger partial charge in [-0.25, -0.2) is 0 Å². The second kappa shape index (κ2) is 8.03. The van der Waals surface area contributed by atoms with Crippen molar-refractivity contribution >= 4 is 5.78 Å². The van der Waals surface area contributed by atoms with Crippen LogP contribution < -0.4 is 9.47 Å². The maximum Gasteiger partial charge on any atom is 0.223 e. The van der Waals surface area contributed by atoms with Gasteiger partial charge in [0.1, 0.15) is 6.10 Å². The third-order valence-electron chi connectivity index (χ3n) is 3.92. The summed E-state index contributed by atoms with van der Waals surface area (Å²) >= 11 is 0. The Morgan fingerprint density at radius 2 is 1.84 bits per heavy atom. The molecule has 1 N–H and O–H groups in total. The zero-order valence-electron chi connectivity index (χ0n) is 15.3. The van der Waals surface area contributed by atoms with Crippen LogP contribution >= 0.6 is 0 Å². The van der Waals surface area contributed by atoms with E-state index in [2.05, 4.69) is 0 Å². The molecule has 1 aliphatic carbocycles. The number of hydrogen-bond donors (Lipinski definition) is 1. The quantitative estimate of drug-likeness (QED) is 0.859. The zero-order chi connectivity index (χ0) is 18.6. The highest BCUT2D eigenvalue weighted by Gasteiger charge is 2.19. The van der Waals surface area contributed by atoms with Crippen LogP contribution in [0.1, 0.15) is 18.1 Å². The number of methoxy groups -OCH3 is 2. The molecule has 5 nitrogen and oxygen atoms in total. The van der Waals surface area contributed by atoms with Gasteiger partial charge in [0.2, 0.25) is 5.78 Å². The van der Waals surface area contributed by atoms with Crippen molar-refractivity contribution in [3.05, 3.63) is 58.4 Å². The summed E-state index contributed by atoms with van der Waals surface area (Å²) in [5.41, 5.74) is 3.31. The minimum atomic E-state index is -0.586. The molecule has 5 heteroatoms. The summed E-state index contributed by atoms with van der Waals surface area (Å²) in [6.45, 7) is 5.42. The summed E-state index contributed by atoms with van der Waals surface area (Å²) < 4.78 is 16.5. The van der Waals surface area contributed by atoms with E-state index in [1.54, 1.807) is 32.3 Å². The highest BCUT2D eigenvalue weighted by Crippen LogP contribution is 2.33. The van der Waals surface area contributed by atoms with Crippen LogP contribution in [-0.2, 0) is 9.53 Å². The Bertz CT molecular complexity index is 756. The number of carbonyl (C=O) groups is 1. The van der Waals surface area contributed by atoms with Gasteiger partial charge in [0.15, 0.2) is 17.3 Å². The molecule has 0 heterocycles. The Hall–Kier alpha value is -2.53. The van der Waals surface area contributed by atoms with Crippen LogP contribution in [0.2, 0.25) is 0 Å². The fourth-order valence-corrected chi connectivity index (χ4v) is 2.72. The SMILES string of the molecule is COC1=CC(=CC(CO)Oc2c(C)cc(C)cc2OC)C=C(C)C1=O. The van der Waals surface area contributed by atoms with Crippen molar-refractivity contribution in [2.45, 2.75) is 26.9 Å². The van der Waals surface area contributed by atoms with Crippen LogP contribution in [0.3, 0.4) is 0 Å². The predicted molar refractivity (Wildman–Crippen MR) is 95.9 cm³/mol. The summed E-state index contributed by atoms with van der Waals surface area (Å²) in [7, 11) is 3.04. The number of allylic oxidation sites excluding steroid dienone is 4. The Morgan fingerprint density at radius 1 is 1.12 bits per heavy atom. The minimum absolute atomic E-state index is 0.142. The Kier molecular flexibility index (Phi) is 6.04. The second-order valence-corrected chi connectivity index (χ2v) is 5.99. The molecule has 0 aromatic heterocycles. The lowest BCUT2D eigenvalue weighted by molar-refractivity contribution is -0.115. The summed E-state index contributed by atoms with van der Waals surface area (Å²) in [6, 6.07) is 3.88. The van der Waals surface area contributed by atoms with E-state index in [-0.39, 0.29) is 18.1 Å². The molecular formula is C20H24O5. The molecule has 0 aliphatic heterocycles. The summed E-state index contributed by atoms with van der Waals surface area (Å²) in [4.78, 5) is 11.9. The van der Waals surface area contributed by atoms with Gasteiger partial charge in [0, 0.05) is 5.57 Å². The molecule has 1 atom stereocenters. The smallest absolute Gasteiger partial charge is 0.223 e. The molecule has 1 unspecified atom stereocenters. The predicted octanol–water partition coefficient (Wildman–Crippen LogP) is 3.04. The number of Topliss-reactive ketones (excluding diaryl/α,β-unsaturated/α-hetero) is 1. The van der Waals surface area contributed by atoms with Crippen molar-refractivity contribution in [1.29, 1.82) is 0 Å². The molecule has 134 valence electrons. The van der Waals surface area contributed by atoms with Gasteiger partial charge in [-0.05, 0) is 61.8 Å². The lowest BCUT2D eigenvalue weighted by Crippen LogP contribution is -2.20. The number of hydrogen-bond acceptors (Lipinski definition) is 5. The number of benzene rings is 1. The first-order valence-corrected chi connectivity index (χ1v) is 8.02. The van der Waals surface area contributed by atoms with Crippen molar-refractivity contribution in [1.82, 2.24) is 0 Å². The van der Waals surface area contributed by atoms with E-state index in [0.29, 0.717) is 17.1 Å². The number of carbonyl (C=O) groups excluding carboxylic acids is 1. The summed E-state index contributed by atoms with van der Waals surface area (Å²) in [6.07, 6.45) is 4.56. The largest absolute Gasteiger partial charge is 0.493 e. The van der Waals surface area contributed by atoms with E-state index < -0.39 is 6.10 Å². The number of rotatable bonds is 6. The van der Waals surface area contributed by atoms with E-state index in [0.717, 1.165) is 16.7 Å². The van der Waals surface area contributed by atoms with Crippen molar-refractivity contribution < 1.29 is 24.1 Å². The van der Waals surface area contributed by atoms with Crippen LogP contribution in [0, 0.1) is 13.8 Å². The van der Waals surface area contributed by atoms with Gasteiger partial charge in [-0.3, -0.25) is 4.79 Å². The lowest BCUT2D eigenvalue weighted by Gasteiger charge is -2.20. The fourth-order valence-electron chi connectivity index (χ4n) is 2.72. The van der Waals surface area contributed by atoms with E-state index in [4.69, 9.17) is 14.2 Å². The van der Waals surface area contributed by atoms with E-state index in [1.807, 2.05) is 26.0 Å². The minimum Gasteiger partial charge on any atom is -0.493 e. The lowest BCUT2D eigenvalue weighted by atomic mass is 9.99. The Balaban J connectivity index is 2.33. The molecule has 0 saturated heterocycles. The maximum atomic E-state index is 11.9. The van der Waals surface area contributed by atoms with Crippen molar-refractivity contribution in [2.24, 2.45) is 0 Å². The number of aliphatic hydroxyl groups excluding tert-OH is 1. The standard InChI is InChI=1S/C20H24O5/c1-12-6-14(3)20(18(7-12)24-5)25-16(11-21)9-15-8-13(2)19(22)17(10-15)23-4/h6-10,16,21H,11H2,1-5H3. The first-order valence-electron chi connectivity index (χ1n) is 8.02. The molecule has 1 aliphatic rings. The van der Waals surface area contributed by atoms with Crippen molar-refractivity contribution in [2.75, 3.05) is 20.8 Å². The van der Waals surface area contributed by atoms with E-state index >= 15 is 0 Å². The third kappa shape index (κ3) is 4.31. The topological polar surface area (TPSA) is 65.0 Å².